The maximum absolute atomic E-state index is 12.6. The van der Waals surface area contributed by atoms with Gasteiger partial charge in [0, 0.05) is 21.5 Å². The molecule has 6 heteroatoms. The Kier molecular flexibility index (Phi) is 11.5. The monoisotopic (exact) mass is 508 g/mol. The van der Waals surface area contributed by atoms with Gasteiger partial charge in [0.05, 0.1) is 13.2 Å². The van der Waals surface area contributed by atoms with Gasteiger partial charge in [-0.15, -0.1) is 0 Å². The molecule has 3 aromatic rings. The van der Waals surface area contributed by atoms with Crippen molar-refractivity contribution >= 4 is 33.9 Å². The number of carbonyl (C=O) groups is 2. The molecule has 6 nitrogen and oxygen atoms in total. The zero-order valence-corrected chi connectivity index (χ0v) is 22.5. The molecule has 0 unspecified atom stereocenters. The molecule has 0 amide bonds. The van der Waals surface area contributed by atoms with Crippen LogP contribution in [0.3, 0.4) is 0 Å². The highest BCUT2D eigenvalue weighted by atomic mass is 16.7. The zero-order chi connectivity index (χ0) is 26.5. The zero-order valence-electron chi connectivity index (χ0n) is 22.5. The van der Waals surface area contributed by atoms with Crippen LogP contribution >= 0.6 is 0 Å². The van der Waals surface area contributed by atoms with Crippen molar-refractivity contribution in [3.63, 3.8) is 0 Å². The lowest BCUT2D eigenvalue weighted by molar-refractivity contribution is 0.0965. The number of benzene rings is 3. The lowest BCUT2D eigenvalue weighted by Crippen LogP contribution is -2.14. The Morgan fingerprint density at radius 3 is 1.62 bits per heavy atom. The highest BCUT2D eigenvalue weighted by molar-refractivity contribution is 6.12. The van der Waals surface area contributed by atoms with Crippen molar-refractivity contribution in [2.45, 2.75) is 85.0 Å². The van der Waals surface area contributed by atoms with Crippen molar-refractivity contribution in [3.8, 4) is 11.5 Å². The fraction of sp³-hybridized carbons (Fsp3) is 0.484. The Morgan fingerprint density at radius 2 is 1.11 bits per heavy atom. The number of hydrogen-bond acceptors (Lipinski definition) is 6. The van der Waals surface area contributed by atoms with E-state index in [-0.39, 0.29) is 0 Å². The van der Waals surface area contributed by atoms with E-state index in [0.29, 0.717) is 46.3 Å². The molecule has 0 spiro atoms. The molecule has 0 saturated heterocycles. The molecule has 200 valence electrons. The maximum atomic E-state index is 12.6. The quantitative estimate of drug-likeness (QED) is 0.0935. The van der Waals surface area contributed by atoms with Crippen molar-refractivity contribution in [1.29, 1.82) is 0 Å². The summed E-state index contributed by atoms with van der Waals surface area (Å²) < 4.78 is 22.3. The molecule has 0 atom stereocenters. The summed E-state index contributed by atoms with van der Waals surface area (Å²) in [6.07, 6.45) is 8.46. The predicted molar refractivity (Wildman–Crippen MR) is 148 cm³/mol. The number of aryl methyl sites for hydroxylation is 1. The minimum Gasteiger partial charge on any atom is -0.434 e. The third-order valence-corrected chi connectivity index (χ3v) is 6.33. The summed E-state index contributed by atoms with van der Waals surface area (Å²) in [6.45, 7) is 7.03. The van der Waals surface area contributed by atoms with Crippen molar-refractivity contribution in [2.75, 3.05) is 13.2 Å². The fourth-order valence-corrected chi connectivity index (χ4v) is 4.40. The molecular formula is C31H40O6. The van der Waals surface area contributed by atoms with Gasteiger partial charge in [-0.2, -0.15) is 0 Å². The molecule has 0 heterocycles. The van der Waals surface area contributed by atoms with E-state index in [4.69, 9.17) is 18.9 Å². The van der Waals surface area contributed by atoms with E-state index in [1.807, 2.05) is 42.5 Å². The maximum Gasteiger partial charge on any atom is 0.513 e. The Balaban J connectivity index is 1.93. The molecule has 0 fully saturated rings. The number of hydrogen-bond donors (Lipinski definition) is 0. The van der Waals surface area contributed by atoms with Crippen LogP contribution in [-0.4, -0.2) is 25.5 Å². The number of rotatable bonds is 14. The Hall–Kier alpha value is -3.28. The summed E-state index contributed by atoms with van der Waals surface area (Å²) in [5.74, 6) is 0.801. The van der Waals surface area contributed by atoms with Gasteiger partial charge in [-0.1, -0.05) is 102 Å². The van der Waals surface area contributed by atoms with Crippen molar-refractivity contribution < 1.29 is 28.5 Å². The molecule has 0 N–H and O–H groups in total. The van der Waals surface area contributed by atoms with Crippen molar-refractivity contribution in [3.05, 3.63) is 48.0 Å². The van der Waals surface area contributed by atoms with Crippen LogP contribution in [0.4, 0.5) is 9.59 Å². The van der Waals surface area contributed by atoms with Crippen LogP contribution in [0.15, 0.2) is 42.5 Å². The van der Waals surface area contributed by atoms with E-state index in [1.54, 1.807) is 0 Å². The first kappa shape index (κ1) is 28.3. The van der Waals surface area contributed by atoms with Gasteiger partial charge in [-0.25, -0.2) is 9.59 Å². The number of fused-ring (bicyclic) bond motifs is 2. The first-order valence-corrected chi connectivity index (χ1v) is 13.8. The second-order valence-corrected chi connectivity index (χ2v) is 9.36. The smallest absolute Gasteiger partial charge is 0.434 e. The molecule has 37 heavy (non-hydrogen) atoms. The molecule has 0 radical (unpaired) electrons. The normalized spacial score (nSPS) is 11.0. The minimum atomic E-state index is -0.735. The molecule has 0 aliphatic rings. The van der Waals surface area contributed by atoms with Crippen LogP contribution in [0.5, 0.6) is 11.5 Å². The first-order chi connectivity index (χ1) is 18.1. The second-order valence-electron chi connectivity index (χ2n) is 9.36. The van der Waals surface area contributed by atoms with E-state index in [1.165, 1.54) is 0 Å². The van der Waals surface area contributed by atoms with E-state index in [2.05, 4.69) is 20.8 Å². The van der Waals surface area contributed by atoms with Gasteiger partial charge >= 0.3 is 12.3 Å². The Morgan fingerprint density at radius 1 is 0.595 bits per heavy atom. The largest absolute Gasteiger partial charge is 0.513 e. The Labute approximate surface area is 220 Å². The predicted octanol–water partition coefficient (Wildman–Crippen LogP) is 9.14. The third-order valence-electron chi connectivity index (χ3n) is 6.33. The molecule has 3 rings (SSSR count). The number of unbranched alkanes of at least 4 members (excludes halogenated alkanes) is 6. The van der Waals surface area contributed by atoms with E-state index >= 15 is 0 Å². The summed E-state index contributed by atoms with van der Waals surface area (Å²) in [7, 11) is 0. The summed E-state index contributed by atoms with van der Waals surface area (Å²) in [6, 6.07) is 13.4. The highest BCUT2D eigenvalue weighted by Gasteiger charge is 2.21. The van der Waals surface area contributed by atoms with Gasteiger partial charge in [0.25, 0.3) is 0 Å². The van der Waals surface area contributed by atoms with Gasteiger partial charge in [-0.3, -0.25) is 0 Å². The minimum absolute atomic E-state index is 0.320. The fourth-order valence-electron chi connectivity index (χ4n) is 4.40. The molecule has 0 aromatic heterocycles. The summed E-state index contributed by atoms with van der Waals surface area (Å²) in [5, 5.41) is 2.69. The highest BCUT2D eigenvalue weighted by Crippen LogP contribution is 2.43. The Bertz CT molecular complexity index is 1170. The summed E-state index contributed by atoms with van der Waals surface area (Å²) in [4.78, 5) is 25.3. The summed E-state index contributed by atoms with van der Waals surface area (Å²) >= 11 is 0. The van der Waals surface area contributed by atoms with E-state index in [9.17, 15) is 9.59 Å². The summed E-state index contributed by atoms with van der Waals surface area (Å²) in [5.41, 5.74) is 1.10. The van der Waals surface area contributed by atoms with Crippen LogP contribution in [0.1, 0.15) is 84.1 Å². The lowest BCUT2D eigenvalue weighted by atomic mass is 9.97. The van der Waals surface area contributed by atoms with E-state index in [0.717, 1.165) is 69.8 Å². The molecule has 0 aliphatic carbocycles. The number of ether oxygens (including phenoxy) is 4. The van der Waals surface area contributed by atoms with Crippen LogP contribution in [0.2, 0.25) is 0 Å². The van der Waals surface area contributed by atoms with Crippen molar-refractivity contribution in [2.24, 2.45) is 0 Å². The standard InChI is InChI=1S/C31H40O6/c1-4-7-9-13-20-34-30(32)36-28-24-16-11-12-17-25(24)29(37-31(33)35-21-14-10-8-5-2)27-22-23(15-6-3)18-19-26(27)28/h11-12,16-19,22H,4-10,13-15,20-21H2,1-3H3. The van der Waals surface area contributed by atoms with Crippen LogP contribution < -0.4 is 9.47 Å². The van der Waals surface area contributed by atoms with Gasteiger partial charge in [0.2, 0.25) is 0 Å². The SMILES string of the molecule is CCCCCCOC(=O)Oc1c2ccccc2c(OC(=O)OCCCCCC)c2cc(CCC)ccc12. The van der Waals surface area contributed by atoms with Crippen molar-refractivity contribution in [1.82, 2.24) is 0 Å². The molecule has 0 bridgehead atoms. The average Bonchev–Trinajstić information content (AvgIpc) is 2.90. The second kappa shape index (κ2) is 15.1. The molecular weight excluding hydrogens is 468 g/mol. The van der Waals surface area contributed by atoms with Crippen LogP contribution in [0.25, 0.3) is 21.5 Å². The van der Waals surface area contributed by atoms with Gasteiger partial charge in [0.15, 0.2) is 0 Å². The van der Waals surface area contributed by atoms with Crippen LogP contribution in [0, 0.1) is 0 Å². The van der Waals surface area contributed by atoms with E-state index < -0.39 is 12.3 Å². The molecule has 0 saturated carbocycles. The first-order valence-electron chi connectivity index (χ1n) is 13.8. The lowest BCUT2D eigenvalue weighted by Gasteiger charge is -2.17. The molecule has 3 aromatic carbocycles. The average molecular weight is 509 g/mol. The number of carbonyl (C=O) groups excluding carboxylic acids is 2. The third kappa shape index (κ3) is 8.11. The van der Waals surface area contributed by atoms with Crippen LogP contribution in [-0.2, 0) is 15.9 Å². The van der Waals surface area contributed by atoms with Gasteiger partial charge < -0.3 is 18.9 Å². The van der Waals surface area contributed by atoms with Gasteiger partial charge in [0.1, 0.15) is 11.5 Å². The topological polar surface area (TPSA) is 71.1 Å². The molecule has 0 aliphatic heterocycles. The van der Waals surface area contributed by atoms with Gasteiger partial charge in [-0.05, 0) is 30.9 Å².